The molecule has 78 heavy (non-hydrogen) atoms. The number of benzene rings is 11. The molecule has 0 aliphatic rings. The molecule has 9 nitrogen and oxygen atoms in total. The molecule has 0 unspecified atom stereocenters. The Labute approximate surface area is 445 Å². The molecule has 0 spiro atoms. The number of rotatable bonds is 6. The Balaban J connectivity index is 1.00. The summed E-state index contributed by atoms with van der Waals surface area (Å²) in [7, 11) is 0. The summed E-state index contributed by atoms with van der Waals surface area (Å²) in [6, 6.07) is 88.6. The zero-order valence-electron chi connectivity index (χ0n) is 41.8. The van der Waals surface area contributed by atoms with E-state index in [0.717, 1.165) is 116 Å². The maximum Gasteiger partial charge on any atom is 0.238 e. The van der Waals surface area contributed by atoms with Crippen molar-refractivity contribution >= 4 is 109 Å². The van der Waals surface area contributed by atoms with E-state index in [9.17, 15) is 0 Å². The van der Waals surface area contributed by atoms with Gasteiger partial charge in [-0.25, -0.2) is 4.98 Å². The molecule has 2 N–H and O–H groups in total. The first kappa shape index (κ1) is 42.6. The van der Waals surface area contributed by atoms with Crippen LogP contribution >= 0.6 is 0 Å². The Morgan fingerprint density at radius 3 is 1.05 bits per heavy atom. The highest BCUT2D eigenvalue weighted by Gasteiger charge is 2.25. The van der Waals surface area contributed by atoms with E-state index in [-0.39, 0.29) is 0 Å². The minimum Gasteiger partial charge on any atom is -0.338 e. The monoisotopic (exact) mass is 997 g/mol. The van der Waals surface area contributed by atoms with Gasteiger partial charge in [0.25, 0.3) is 0 Å². The first-order valence-electron chi connectivity index (χ1n) is 26.3. The van der Waals surface area contributed by atoms with E-state index in [1.807, 2.05) is 41.1 Å². The van der Waals surface area contributed by atoms with Crippen LogP contribution in [-0.4, -0.2) is 37.9 Å². The van der Waals surface area contributed by atoms with E-state index < -0.39 is 0 Å². The number of fused-ring (bicyclic) bond motifs is 17. The van der Waals surface area contributed by atoms with Gasteiger partial charge in [0.15, 0.2) is 11.6 Å². The topological polar surface area (TPSA) is 89.3 Å². The van der Waals surface area contributed by atoms with Crippen LogP contribution in [0.25, 0.3) is 155 Å². The van der Waals surface area contributed by atoms with Crippen LogP contribution in [0.4, 0.5) is 0 Å². The number of nitrogens with two attached hydrogens (primary N) is 1. The summed E-state index contributed by atoms with van der Waals surface area (Å²) >= 11 is 0. The van der Waals surface area contributed by atoms with Gasteiger partial charge in [-0.15, -0.1) is 0 Å². The second-order valence-electron chi connectivity index (χ2n) is 20.2. The van der Waals surface area contributed by atoms with Crippen LogP contribution in [0, 0.1) is 0 Å². The fourth-order valence-corrected chi connectivity index (χ4v) is 12.8. The van der Waals surface area contributed by atoms with E-state index in [0.29, 0.717) is 17.6 Å². The van der Waals surface area contributed by atoms with Crippen LogP contribution in [0.5, 0.6) is 0 Å². The predicted molar refractivity (Wildman–Crippen MR) is 321 cm³/mol. The Kier molecular flexibility index (Phi) is 8.80. The van der Waals surface area contributed by atoms with Crippen molar-refractivity contribution in [2.24, 2.45) is 0 Å². The number of nitrogen functional groups attached to an aromatic ring is 1. The van der Waals surface area contributed by atoms with Crippen molar-refractivity contribution < 1.29 is 0 Å². The van der Waals surface area contributed by atoms with Crippen LogP contribution in [-0.2, 0) is 0 Å². The van der Waals surface area contributed by atoms with Gasteiger partial charge in [0.2, 0.25) is 5.95 Å². The molecule has 0 radical (unpaired) electrons. The largest absolute Gasteiger partial charge is 0.338 e. The molecule has 6 heterocycles. The van der Waals surface area contributed by atoms with Crippen molar-refractivity contribution in [1.29, 1.82) is 0 Å². The Bertz CT molecular complexity index is 5270. The van der Waals surface area contributed by atoms with Crippen LogP contribution < -0.4 is 5.84 Å². The lowest BCUT2D eigenvalue weighted by molar-refractivity contribution is 0.953. The summed E-state index contributed by atoms with van der Waals surface area (Å²) in [4.78, 5) is 15.8. The van der Waals surface area contributed by atoms with E-state index in [2.05, 4.69) is 231 Å². The second-order valence-corrected chi connectivity index (χ2v) is 20.2. The number of para-hydroxylation sites is 5. The highest BCUT2D eigenvalue weighted by Crippen LogP contribution is 2.45. The van der Waals surface area contributed by atoms with Gasteiger partial charge in [-0.05, 0) is 72.8 Å². The average Bonchev–Trinajstić information content (AvgIpc) is 4.35. The van der Waals surface area contributed by atoms with Gasteiger partial charge in [-0.2, -0.15) is 9.97 Å². The van der Waals surface area contributed by atoms with Gasteiger partial charge in [0, 0.05) is 82.1 Å². The molecule has 364 valence electrons. The van der Waals surface area contributed by atoms with Crippen molar-refractivity contribution in [1.82, 2.24) is 37.9 Å². The Hall–Kier alpha value is -10.8. The van der Waals surface area contributed by atoms with Crippen LogP contribution in [0.2, 0.25) is 0 Å². The lowest BCUT2D eigenvalue weighted by Gasteiger charge is -2.13. The van der Waals surface area contributed by atoms with E-state index >= 15 is 0 Å². The standard InChI is InChI=1S/C69H43N9/c70-78-62-31-17-13-27-50(62)54-37-36-53-49-26-12-16-30-59(49)76(65(53)66(54)78)46-33-39-61-56(41-46)55-40-45(32-38-60(55)77(61)69-72-67(42-18-4-1-5-19-42)71-68(73-69)43-20-6-2-7-21-43)75-58-29-15-11-25-48(58)52-35-34-51-47-24-10-14-28-57(47)74(63(51)64(52)75)44-22-8-3-9-23-44/h1-41H,70H2. The van der Waals surface area contributed by atoms with E-state index in [4.69, 9.17) is 20.8 Å². The predicted octanol–water partition coefficient (Wildman–Crippen LogP) is 16.4. The van der Waals surface area contributed by atoms with Crippen molar-refractivity contribution in [3.05, 3.63) is 249 Å². The maximum atomic E-state index is 7.17. The molecule has 0 saturated carbocycles. The highest BCUT2D eigenvalue weighted by atomic mass is 15.3. The zero-order valence-corrected chi connectivity index (χ0v) is 41.8. The normalized spacial score (nSPS) is 12.2. The number of nitrogens with zero attached hydrogens (tertiary/aromatic N) is 8. The highest BCUT2D eigenvalue weighted by molar-refractivity contribution is 6.25. The molecule has 17 aromatic rings. The minimum atomic E-state index is 0.528. The van der Waals surface area contributed by atoms with Gasteiger partial charge in [0.1, 0.15) is 0 Å². The average molecular weight is 998 g/mol. The summed E-state index contributed by atoms with van der Waals surface area (Å²) in [6.45, 7) is 0. The lowest BCUT2D eigenvalue weighted by atomic mass is 10.1. The second kappa shape index (κ2) is 16.1. The Morgan fingerprint density at radius 2 is 0.590 bits per heavy atom. The zero-order chi connectivity index (χ0) is 51.2. The third-order valence-corrected chi connectivity index (χ3v) is 16.1. The fraction of sp³-hybridized carbons (Fsp3) is 0. The third kappa shape index (κ3) is 5.92. The first-order chi connectivity index (χ1) is 38.6. The molecule has 9 heteroatoms. The molecule has 0 aliphatic heterocycles. The first-order valence-corrected chi connectivity index (χ1v) is 26.3. The van der Waals surface area contributed by atoms with Crippen molar-refractivity contribution in [3.63, 3.8) is 0 Å². The van der Waals surface area contributed by atoms with Crippen molar-refractivity contribution in [3.8, 4) is 45.8 Å². The molecular weight excluding hydrogens is 955 g/mol. The smallest absolute Gasteiger partial charge is 0.238 e. The quantitative estimate of drug-likeness (QED) is 0.168. The molecule has 0 saturated heterocycles. The van der Waals surface area contributed by atoms with Gasteiger partial charge in [0.05, 0.1) is 55.2 Å². The third-order valence-electron chi connectivity index (χ3n) is 16.1. The number of hydrogen-bond donors (Lipinski definition) is 1. The lowest BCUT2D eigenvalue weighted by Crippen LogP contribution is -2.08. The summed E-state index contributed by atoms with van der Waals surface area (Å²) in [5.74, 6) is 8.89. The van der Waals surface area contributed by atoms with Crippen LogP contribution in [0.15, 0.2) is 249 Å². The molecular formula is C69H43N9. The fourth-order valence-electron chi connectivity index (χ4n) is 12.8. The molecule has 0 atom stereocenters. The molecule has 6 aromatic heterocycles. The van der Waals surface area contributed by atoms with Gasteiger partial charge in [-0.3, -0.25) is 9.24 Å². The van der Waals surface area contributed by atoms with Crippen LogP contribution in [0.1, 0.15) is 0 Å². The number of hydrogen-bond acceptors (Lipinski definition) is 4. The van der Waals surface area contributed by atoms with Gasteiger partial charge < -0.3 is 19.5 Å². The minimum absolute atomic E-state index is 0.528. The van der Waals surface area contributed by atoms with E-state index in [1.54, 1.807) is 0 Å². The van der Waals surface area contributed by atoms with Crippen molar-refractivity contribution in [2.75, 3.05) is 5.84 Å². The summed E-state index contributed by atoms with van der Waals surface area (Å²) in [5, 5.41) is 11.4. The van der Waals surface area contributed by atoms with E-state index in [1.165, 1.54) is 21.5 Å². The summed E-state index contributed by atoms with van der Waals surface area (Å²) < 4.78 is 11.4. The number of aromatic nitrogens is 8. The Morgan fingerprint density at radius 1 is 0.244 bits per heavy atom. The van der Waals surface area contributed by atoms with Crippen molar-refractivity contribution in [2.45, 2.75) is 0 Å². The summed E-state index contributed by atoms with van der Waals surface area (Å²) in [6.07, 6.45) is 0. The molecule has 17 rings (SSSR count). The molecule has 0 aliphatic carbocycles. The van der Waals surface area contributed by atoms with Crippen LogP contribution in [0.3, 0.4) is 0 Å². The molecule has 0 fully saturated rings. The maximum absolute atomic E-state index is 7.17. The summed E-state index contributed by atoms with van der Waals surface area (Å²) in [5.41, 5.74) is 15.6. The SMILES string of the molecule is Nn1c2ccccc2c2ccc3c4ccccc4n(-c4ccc5c(c4)c4cc(-n6c7ccccc7c7ccc8c9ccccc9n(-c9ccccc9)c8c76)ccc4n5-c4nc(-c5ccccc5)nc(-c5ccccc5)n4)c3c21. The molecule has 0 bridgehead atoms. The van der Waals surface area contributed by atoms with Gasteiger partial charge in [-0.1, -0.05) is 176 Å². The molecule has 0 amide bonds. The molecule has 11 aromatic carbocycles. The van der Waals surface area contributed by atoms with Gasteiger partial charge >= 0.3 is 0 Å².